The maximum Gasteiger partial charge on any atom is 0.0722 e. The number of nitrogens with zero attached hydrogens (tertiary/aromatic N) is 2. The van der Waals surface area contributed by atoms with E-state index in [4.69, 9.17) is 0 Å². The second-order valence-electron chi connectivity index (χ2n) is 5.01. The normalized spacial score (nSPS) is 21.8. The van der Waals surface area contributed by atoms with Gasteiger partial charge in [-0.05, 0) is 18.9 Å². The zero-order valence-corrected chi connectivity index (χ0v) is 13.4. The first-order valence-corrected chi connectivity index (χ1v) is 9.36. The first kappa shape index (κ1) is 15.3. The van der Waals surface area contributed by atoms with Crippen molar-refractivity contribution < 1.29 is 5.11 Å². The van der Waals surface area contributed by atoms with Gasteiger partial charge in [0.2, 0.25) is 0 Å². The molecule has 1 fully saturated rings. The minimum absolute atomic E-state index is 0.261. The van der Waals surface area contributed by atoms with Crippen molar-refractivity contribution in [2.45, 2.75) is 50.5 Å². The van der Waals surface area contributed by atoms with E-state index in [0.29, 0.717) is 17.7 Å². The lowest BCUT2D eigenvalue weighted by Crippen LogP contribution is -2.30. The highest BCUT2D eigenvalue weighted by molar-refractivity contribution is 8.06. The van der Waals surface area contributed by atoms with Gasteiger partial charge in [-0.15, -0.1) is 0 Å². The van der Waals surface area contributed by atoms with Gasteiger partial charge in [-0.2, -0.15) is 28.6 Å². The van der Waals surface area contributed by atoms with Crippen LogP contribution in [0.1, 0.15) is 38.4 Å². The van der Waals surface area contributed by atoms with Crippen molar-refractivity contribution in [1.29, 1.82) is 0 Å². The molecular weight excluding hydrogens is 276 g/mol. The number of aliphatic hydroxyl groups excluding tert-OH is 1. The first-order valence-electron chi connectivity index (χ1n) is 7.16. The number of rotatable bonds is 6. The predicted octanol–water partition coefficient (Wildman–Crippen LogP) is 3.00. The van der Waals surface area contributed by atoms with Gasteiger partial charge in [-0.25, -0.2) is 0 Å². The molecule has 1 saturated heterocycles. The Balaban J connectivity index is 1.91. The van der Waals surface area contributed by atoms with Crippen molar-refractivity contribution in [2.24, 2.45) is 0 Å². The molecule has 1 aliphatic rings. The highest BCUT2D eigenvalue weighted by atomic mass is 32.2. The Morgan fingerprint density at radius 2 is 2.21 bits per heavy atom. The molecule has 3 nitrogen and oxygen atoms in total. The van der Waals surface area contributed by atoms with E-state index in [2.05, 4.69) is 35.9 Å². The largest absolute Gasteiger partial charge is 0.392 e. The number of hydrogen-bond acceptors (Lipinski definition) is 4. The molecule has 1 N–H and O–H groups in total. The third kappa shape index (κ3) is 4.17. The fourth-order valence-corrected chi connectivity index (χ4v) is 5.20. The molecule has 0 amide bonds. The van der Waals surface area contributed by atoms with Gasteiger partial charge >= 0.3 is 0 Å². The molecule has 2 unspecified atom stereocenters. The summed E-state index contributed by atoms with van der Waals surface area (Å²) in [7, 11) is 0. The van der Waals surface area contributed by atoms with Crippen molar-refractivity contribution in [3.63, 3.8) is 0 Å². The summed E-state index contributed by atoms with van der Waals surface area (Å²) in [6, 6.07) is 2.55. The Bertz CT molecular complexity index is 373. The molecule has 2 rings (SSSR count). The summed E-state index contributed by atoms with van der Waals surface area (Å²) >= 11 is 3.86. The predicted molar refractivity (Wildman–Crippen MR) is 85.1 cm³/mol. The zero-order valence-electron chi connectivity index (χ0n) is 11.8. The lowest BCUT2D eigenvalue weighted by molar-refractivity contribution is 0.176. The van der Waals surface area contributed by atoms with Gasteiger partial charge < -0.3 is 5.11 Å². The molecule has 0 aromatic carbocycles. The van der Waals surface area contributed by atoms with E-state index in [1.165, 1.54) is 5.75 Å². The highest BCUT2D eigenvalue weighted by Gasteiger charge is 2.23. The molecule has 19 heavy (non-hydrogen) atoms. The summed E-state index contributed by atoms with van der Waals surface area (Å²) in [5.41, 5.74) is 1.02. The Morgan fingerprint density at radius 1 is 1.42 bits per heavy atom. The minimum atomic E-state index is -0.261. The van der Waals surface area contributed by atoms with Crippen LogP contribution < -0.4 is 0 Å². The average molecular weight is 300 g/mol. The van der Waals surface area contributed by atoms with Crippen molar-refractivity contribution in [2.75, 3.05) is 17.3 Å². The van der Waals surface area contributed by atoms with Crippen molar-refractivity contribution in [3.05, 3.63) is 18.0 Å². The van der Waals surface area contributed by atoms with Crippen LogP contribution in [0.4, 0.5) is 0 Å². The topological polar surface area (TPSA) is 38.0 Å². The molecule has 5 heteroatoms. The van der Waals surface area contributed by atoms with Gasteiger partial charge in [-0.3, -0.25) is 4.68 Å². The van der Waals surface area contributed by atoms with E-state index in [1.54, 1.807) is 0 Å². The highest BCUT2D eigenvalue weighted by Crippen LogP contribution is 2.27. The second kappa shape index (κ2) is 7.60. The van der Waals surface area contributed by atoms with Crippen LogP contribution in [0.25, 0.3) is 0 Å². The number of hydrogen-bond donors (Lipinski definition) is 1. The smallest absolute Gasteiger partial charge is 0.0722 e. The van der Waals surface area contributed by atoms with Crippen molar-refractivity contribution >= 4 is 23.5 Å². The Morgan fingerprint density at radius 3 is 2.84 bits per heavy atom. The third-order valence-electron chi connectivity index (χ3n) is 3.67. The summed E-state index contributed by atoms with van der Waals surface area (Å²) in [5, 5.41) is 15.3. The molecule has 2 atom stereocenters. The van der Waals surface area contributed by atoms with Crippen LogP contribution in [0.5, 0.6) is 0 Å². The van der Waals surface area contributed by atoms with Crippen LogP contribution >= 0.6 is 23.5 Å². The molecule has 1 aromatic heterocycles. The lowest BCUT2D eigenvalue weighted by atomic mass is 10.1. The summed E-state index contributed by atoms with van der Waals surface area (Å²) < 4.78 is 2.06. The van der Waals surface area contributed by atoms with Gasteiger partial charge in [0.15, 0.2) is 0 Å². The number of aliphatic hydroxyl groups is 1. The van der Waals surface area contributed by atoms with Crippen LogP contribution in [0.15, 0.2) is 12.3 Å². The van der Waals surface area contributed by atoms with Gasteiger partial charge in [0.05, 0.1) is 17.8 Å². The van der Waals surface area contributed by atoms with E-state index in [0.717, 1.165) is 30.0 Å². The molecule has 0 spiro atoms. The van der Waals surface area contributed by atoms with E-state index >= 15 is 0 Å². The fraction of sp³-hybridized carbons (Fsp3) is 0.786. The number of aromatic nitrogens is 2. The van der Waals surface area contributed by atoms with E-state index in [1.807, 2.05) is 23.5 Å². The van der Waals surface area contributed by atoms with Crippen molar-refractivity contribution in [3.8, 4) is 0 Å². The summed E-state index contributed by atoms with van der Waals surface area (Å²) in [6.45, 7) is 4.39. The van der Waals surface area contributed by atoms with E-state index in [9.17, 15) is 5.11 Å². The maximum absolute atomic E-state index is 10.3. The zero-order chi connectivity index (χ0) is 13.7. The molecule has 0 aliphatic carbocycles. The van der Waals surface area contributed by atoms with Crippen LogP contribution in [-0.4, -0.2) is 43.5 Å². The SMILES string of the molecule is CCC(CC)n1ccc(CC(O)C2CSCCS2)n1. The maximum atomic E-state index is 10.3. The molecule has 0 bridgehead atoms. The Kier molecular flexibility index (Phi) is 6.10. The first-order chi connectivity index (χ1) is 9.24. The Hall–Kier alpha value is -0.130. The summed E-state index contributed by atoms with van der Waals surface area (Å²) in [6.07, 6.45) is 4.70. The van der Waals surface area contributed by atoms with Gasteiger partial charge in [-0.1, -0.05) is 13.8 Å². The third-order valence-corrected chi connectivity index (χ3v) is 6.58. The monoisotopic (exact) mass is 300 g/mol. The fourth-order valence-electron chi connectivity index (χ4n) is 2.43. The molecule has 0 saturated carbocycles. The van der Waals surface area contributed by atoms with Gasteiger partial charge in [0, 0.05) is 35.1 Å². The van der Waals surface area contributed by atoms with Crippen LogP contribution in [0, 0.1) is 0 Å². The van der Waals surface area contributed by atoms with Crippen LogP contribution in [0.2, 0.25) is 0 Å². The van der Waals surface area contributed by atoms with Crippen LogP contribution in [0.3, 0.4) is 0 Å². The average Bonchev–Trinajstić information content (AvgIpc) is 2.89. The Labute approximate surface area is 124 Å². The van der Waals surface area contributed by atoms with Crippen LogP contribution in [-0.2, 0) is 6.42 Å². The standard InChI is InChI=1S/C14H24N2OS2/c1-3-12(4-2)16-6-5-11(15-16)9-13(17)14-10-18-7-8-19-14/h5-6,12-14,17H,3-4,7-10H2,1-2H3. The van der Waals surface area contributed by atoms with Gasteiger partial charge in [0.1, 0.15) is 0 Å². The molecule has 0 radical (unpaired) electrons. The molecule has 1 aromatic rings. The van der Waals surface area contributed by atoms with E-state index < -0.39 is 0 Å². The lowest BCUT2D eigenvalue weighted by Gasteiger charge is -2.25. The summed E-state index contributed by atoms with van der Waals surface area (Å²) in [4.78, 5) is 0. The molecular formula is C14H24N2OS2. The molecule has 108 valence electrons. The van der Waals surface area contributed by atoms with E-state index in [-0.39, 0.29) is 6.10 Å². The minimum Gasteiger partial charge on any atom is -0.392 e. The quantitative estimate of drug-likeness (QED) is 0.876. The molecule has 2 heterocycles. The van der Waals surface area contributed by atoms with Gasteiger partial charge in [0.25, 0.3) is 0 Å². The number of thioether (sulfide) groups is 2. The molecule has 1 aliphatic heterocycles. The summed E-state index contributed by atoms with van der Waals surface area (Å²) in [5.74, 6) is 3.45. The van der Waals surface area contributed by atoms with Crippen molar-refractivity contribution in [1.82, 2.24) is 9.78 Å². The second-order valence-corrected chi connectivity index (χ2v) is 7.51.